The van der Waals surface area contributed by atoms with E-state index in [-0.39, 0.29) is 22.8 Å². The summed E-state index contributed by atoms with van der Waals surface area (Å²) in [5.41, 5.74) is 5.08. The summed E-state index contributed by atoms with van der Waals surface area (Å²) in [5.74, 6) is 0.176. The van der Waals surface area contributed by atoms with Crippen LogP contribution < -0.4 is 0 Å². The van der Waals surface area contributed by atoms with Crippen LogP contribution >= 0.6 is 0 Å². The molecule has 0 aliphatic rings. The third-order valence-corrected chi connectivity index (χ3v) is 6.89. The number of phenolic OH excluding ortho intramolecular Hbond substituents is 2. The molecule has 0 atom stereocenters. The molecule has 0 saturated carbocycles. The van der Waals surface area contributed by atoms with Crippen molar-refractivity contribution in [2.75, 3.05) is 13.2 Å². The number of carbonyl (C=O) groups is 2. The van der Waals surface area contributed by atoms with Crippen LogP contribution in [0.3, 0.4) is 0 Å². The van der Waals surface area contributed by atoms with Crippen molar-refractivity contribution in [3.63, 3.8) is 0 Å². The van der Waals surface area contributed by atoms with E-state index in [0.717, 1.165) is 52.6 Å². The van der Waals surface area contributed by atoms with Crippen LogP contribution in [-0.4, -0.2) is 35.4 Å². The van der Waals surface area contributed by atoms with E-state index in [1.165, 1.54) is 0 Å². The molecule has 6 nitrogen and oxygen atoms in total. The highest BCUT2D eigenvalue weighted by molar-refractivity contribution is 5.70. The van der Waals surface area contributed by atoms with Gasteiger partial charge in [0.15, 0.2) is 0 Å². The summed E-state index contributed by atoms with van der Waals surface area (Å²) >= 11 is 0. The largest absolute Gasteiger partial charge is 0.507 e. The molecule has 0 amide bonds. The average molecular weight is 541 g/mol. The third kappa shape index (κ3) is 10.2. The second-order valence-electron chi connectivity index (χ2n) is 12.6. The maximum Gasteiger partial charge on any atom is 0.306 e. The molecule has 216 valence electrons. The van der Waals surface area contributed by atoms with Gasteiger partial charge in [0.05, 0.1) is 13.2 Å². The number of rotatable bonds is 12. The molecule has 6 heteroatoms. The van der Waals surface area contributed by atoms with Crippen LogP contribution in [0.4, 0.5) is 0 Å². The first-order valence-corrected chi connectivity index (χ1v) is 14.1. The summed E-state index contributed by atoms with van der Waals surface area (Å²) in [5, 5.41) is 20.7. The molecule has 2 aromatic carbocycles. The first-order valence-electron chi connectivity index (χ1n) is 14.1. The molecule has 2 aromatic rings. The quantitative estimate of drug-likeness (QED) is 0.220. The van der Waals surface area contributed by atoms with Gasteiger partial charge in [0.1, 0.15) is 11.5 Å². The predicted molar refractivity (Wildman–Crippen MR) is 155 cm³/mol. The Kier molecular flexibility index (Phi) is 11.4. The lowest BCUT2D eigenvalue weighted by Crippen LogP contribution is -2.13. The SMILES string of the molecule is Cc1cc(CCC(=O)OCCCCCOC(=O)CCc2cc(C)c(O)c(C(C)(C)C)c2)cc(C(C)(C)C)c1O. The van der Waals surface area contributed by atoms with E-state index in [1.807, 2.05) is 38.1 Å². The molecule has 0 aliphatic heterocycles. The zero-order valence-corrected chi connectivity index (χ0v) is 25.2. The van der Waals surface area contributed by atoms with Gasteiger partial charge in [-0.2, -0.15) is 0 Å². The standard InChI is InChI=1S/C33H48O6/c1-22-18-24(20-26(30(22)36)32(3,4)5)12-14-28(34)38-16-10-9-11-17-39-29(35)15-13-25-19-23(2)31(37)27(21-25)33(6,7)8/h18-21,36-37H,9-17H2,1-8H3. The fourth-order valence-electron chi connectivity index (χ4n) is 4.53. The van der Waals surface area contributed by atoms with Crippen LogP contribution in [-0.2, 0) is 42.7 Å². The van der Waals surface area contributed by atoms with E-state index in [0.29, 0.717) is 50.4 Å². The minimum atomic E-state index is -0.233. The lowest BCUT2D eigenvalue weighted by atomic mass is 9.83. The number of hydrogen-bond acceptors (Lipinski definition) is 6. The lowest BCUT2D eigenvalue weighted by molar-refractivity contribution is -0.144. The van der Waals surface area contributed by atoms with Gasteiger partial charge in [0, 0.05) is 12.8 Å². The number of aromatic hydroxyl groups is 2. The molecule has 0 saturated heterocycles. The van der Waals surface area contributed by atoms with Crippen molar-refractivity contribution in [1.29, 1.82) is 0 Å². The molecule has 2 N–H and O–H groups in total. The smallest absolute Gasteiger partial charge is 0.306 e. The van der Waals surface area contributed by atoms with Crippen molar-refractivity contribution >= 4 is 11.9 Å². The summed E-state index contributed by atoms with van der Waals surface area (Å²) < 4.78 is 10.7. The molecule has 39 heavy (non-hydrogen) atoms. The number of unbranched alkanes of at least 4 members (excludes halogenated alkanes) is 2. The molecule has 0 fully saturated rings. The van der Waals surface area contributed by atoms with Crippen LogP contribution in [0.2, 0.25) is 0 Å². The maximum absolute atomic E-state index is 12.2. The monoisotopic (exact) mass is 540 g/mol. The van der Waals surface area contributed by atoms with Crippen molar-refractivity contribution < 1.29 is 29.3 Å². The summed E-state index contributed by atoms with van der Waals surface area (Å²) in [7, 11) is 0. The molecule has 0 aromatic heterocycles. The Labute approximate surface area is 234 Å². The summed E-state index contributed by atoms with van der Waals surface area (Å²) in [6, 6.07) is 7.81. The topological polar surface area (TPSA) is 93.1 Å². The van der Waals surface area contributed by atoms with Crippen LogP contribution in [0.25, 0.3) is 0 Å². The lowest BCUT2D eigenvalue weighted by Gasteiger charge is -2.22. The van der Waals surface area contributed by atoms with E-state index in [9.17, 15) is 19.8 Å². The number of carbonyl (C=O) groups excluding carboxylic acids is 2. The zero-order chi connectivity index (χ0) is 29.4. The van der Waals surface area contributed by atoms with Gasteiger partial charge >= 0.3 is 11.9 Å². The highest BCUT2D eigenvalue weighted by Crippen LogP contribution is 2.35. The first kappa shape index (κ1) is 32.2. The Morgan fingerprint density at radius 2 is 1.00 bits per heavy atom. The fourth-order valence-corrected chi connectivity index (χ4v) is 4.53. The number of phenols is 2. The van der Waals surface area contributed by atoms with Crippen molar-refractivity contribution in [3.8, 4) is 11.5 Å². The normalized spacial score (nSPS) is 11.9. The molecule has 0 aliphatic carbocycles. The molecule has 0 spiro atoms. The molecular formula is C33H48O6. The Hall–Kier alpha value is -3.02. The fraction of sp³-hybridized carbons (Fsp3) is 0.576. The Bertz CT molecular complexity index is 1040. The zero-order valence-electron chi connectivity index (χ0n) is 25.2. The van der Waals surface area contributed by atoms with Crippen LogP contribution in [0.1, 0.15) is 107 Å². The Balaban J connectivity index is 1.63. The summed E-state index contributed by atoms with van der Waals surface area (Å²) in [6.07, 6.45) is 3.97. The van der Waals surface area contributed by atoms with Crippen LogP contribution in [0.5, 0.6) is 11.5 Å². The number of aryl methyl sites for hydroxylation is 4. The predicted octanol–water partition coefficient (Wildman–Crippen LogP) is 7.13. The first-order chi connectivity index (χ1) is 18.1. The van der Waals surface area contributed by atoms with Crippen molar-refractivity contribution in [1.82, 2.24) is 0 Å². The van der Waals surface area contributed by atoms with E-state index >= 15 is 0 Å². The van der Waals surface area contributed by atoms with Crippen molar-refractivity contribution in [2.24, 2.45) is 0 Å². The molecule has 0 bridgehead atoms. The highest BCUT2D eigenvalue weighted by Gasteiger charge is 2.21. The maximum atomic E-state index is 12.2. The Morgan fingerprint density at radius 1 is 0.641 bits per heavy atom. The van der Waals surface area contributed by atoms with E-state index < -0.39 is 0 Å². The number of ether oxygens (including phenoxy) is 2. The van der Waals surface area contributed by atoms with Crippen LogP contribution in [0.15, 0.2) is 24.3 Å². The van der Waals surface area contributed by atoms with Crippen molar-refractivity contribution in [2.45, 2.75) is 111 Å². The molecule has 0 heterocycles. The minimum Gasteiger partial charge on any atom is -0.507 e. The van der Waals surface area contributed by atoms with Crippen LogP contribution in [0, 0.1) is 13.8 Å². The number of esters is 2. The molecule has 0 radical (unpaired) electrons. The van der Waals surface area contributed by atoms with E-state index in [4.69, 9.17) is 9.47 Å². The minimum absolute atomic E-state index is 0.179. The molecule has 0 unspecified atom stereocenters. The van der Waals surface area contributed by atoms with Crippen molar-refractivity contribution in [3.05, 3.63) is 57.6 Å². The van der Waals surface area contributed by atoms with Gasteiger partial charge in [0.25, 0.3) is 0 Å². The molecular weight excluding hydrogens is 492 g/mol. The van der Waals surface area contributed by atoms with Gasteiger partial charge < -0.3 is 19.7 Å². The summed E-state index contributed by atoms with van der Waals surface area (Å²) in [6.45, 7) is 16.8. The van der Waals surface area contributed by atoms with Gasteiger partial charge in [-0.1, -0.05) is 65.8 Å². The van der Waals surface area contributed by atoms with Gasteiger partial charge in [-0.3, -0.25) is 9.59 Å². The number of benzene rings is 2. The van der Waals surface area contributed by atoms with Gasteiger partial charge in [-0.15, -0.1) is 0 Å². The second kappa shape index (κ2) is 13.9. The van der Waals surface area contributed by atoms with E-state index in [2.05, 4.69) is 41.5 Å². The highest BCUT2D eigenvalue weighted by atomic mass is 16.5. The second-order valence-corrected chi connectivity index (χ2v) is 12.6. The third-order valence-electron chi connectivity index (χ3n) is 6.89. The number of hydrogen-bond donors (Lipinski definition) is 2. The van der Waals surface area contributed by atoms with Gasteiger partial charge in [-0.25, -0.2) is 0 Å². The Morgan fingerprint density at radius 3 is 1.33 bits per heavy atom. The summed E-state index contributed by atoms with van der Waals surface area (Å²) in [4.78, 5) is 24.4. The average Bonchev–Trinajstić information content (AvgIpc) is 2.83. The van der Waals surface area contributed by atoms with E-state index in [1.54, 1.807) is 0 Å². The van der Waals surface area contributed by atoms with Gasteiger partial charge in [-0.05, 0) is 90.2 Å². The molecule has 2 rings (SSSR count). The van der Waals surface area contributed by atoms with Gasteiger partial charge in [0.2, 0.25) is 0 Å².